The standard InChI is InChI=1S/C42H44N4/c1-9-42(10-2)21-20-35-45(32-16-12-11-13-17-32)40-41(46(35)34-19-15-14-18-33(34)42)44-39(37-30(7)24-27(4)25-31(37)8)38(43-40)36-28(5)22-26(3)23-29(36)6/h11-25,35H,9-10H2,1-8H3. The number of hydrogen-bond acceptors (Lipinski definition) is 4. The molecule has 0 N–H and O–H groups in total. The molecule has 4 aromatic carbocycles. The molecule has 2 aliphatic rings. The Hall–Kier alpha value is -4.70. The topological polar surface area (TPSA) is 32.3 Å². The highest BCUT2D eigenvalue weighted by molar-refractivity contribution is 5.93. The van der Waals surface area contributed by atoms with Crippen LogP contribution in [-0.4, -0.2) is 16.1 Å². The molecule has 0 saturated heterocycles. The van der Waals surface area contributed by atoms with E-state index in [9.17, 15) is 0 Å². The van der Waals surface area contributed by atoms with Crippen molar-refractivity contribution in [2.45, 2.75) is 79.8 Å². The van der Waals surface area contributed by atoms with Crippen LogP contribution >= 0.6 is 0 Å². The summed E-state index contributed by atoms with van der Waals surface area (Å²) in [5, 5.41) is 0. The highest BCUT2D eigenvalue weighted by Gasteiger charge is 2.45. The lowest BCUT2D eigenvalue weighted by Crippen LogP contribution is -2.36. The van der Waals surface area contributed by atoms with Crippen molar-refractivity contribution in [1.82, 2.24) is 9.97 Å². The van der Waals surface area contributed by atoms with Crippen molar-refractivity contribution in [3.63, 3.8) is 0 Å². The van der Waals surface area contributed by atoms with Gasteiger partial charge in [0.25, 0.3) is 0 Å². The molecule has 0 spiro atoms. The van der Waals surface area contributed by atoms with Gasteiger partial charge in [0, 0.05) is 27.9 Å². The third-order valence-electron chi connectivity index (χ3n) is 10.3. The molecule has 2 aliphatic heterocycles. The lowest BCUT2D eigenvalue weighted by molar-refractivity contribution is 0.499. The minimum atomic E-state index is -0.109. The summed E-state index contributed by atoms with van der Waals surface area (Å²) in [7, 11) is 0. The van der Waals surface area contributed by atoms with Crippen LogP contribution in [0.3, 0.4) is 0 Å². The first kappa shape index (κ1) is 30.0. The van der Waals surface area contributed by atoms with Crippen LogP contribution in [0.15, 0.2) is 91.0 Å². The predicted molar refractivity (Wildman–Crippen MR) is 194 cm³/mol. The molecule has 1 atom stereocenters. The van der Waals surface area contributed by atoms with Crippen molar-refractivity contribution in [3.8, 4) is 22.5 Å². The van der Waals surface area contributed by atoms with Gasteiger partial charge in [0.1, 0.15) is 6.17 Å². The molecule has 0 fully saturated rings. The molecule has 0 amide bonds. The van der Waals surface area contributed by atoms with Crippen molar-refractivity contribution < 1.29 is 0 Å². The maximum absolute atomic E-state index is 5.74. The molecule has 0 saturated carbocycles. The SMILES string of the molecule is CCC1(CC)C=CC2N(c3ccccc3)c3nc(-c4c(C)cc(C)cc4C)c(-c4c(C)cc(C)cc4C)nc3N2c2ccccc21. The zero-order valence-electron chi connectivity index (χ0n) is 28.4. The summed E-state index contributed by atoms with van der Waals surface area (Å²) in [6, 6.07) is 28.7. The number of hydrogen-bond donors (Lipinski definition) is 0. The van der Waals surface area contributed by atoms with E-state index in [4.69, 9.17) is 9.97 Å². The Bertz CT molecular complexity index is 1950. The van der Waals surface area contributed by atoms with Gasteiger partial charge < -0.3 is 0 Å². The van der Waals surface area contributed by atoms with Crippen LogP contribution in [0.1, 0.15) is 65.6 Å². The fraction of sp³-hybridized carbons (Fsp3) is 0.286. The molecule has 5 aromatic rings. The lowest BCUT2D eigenvalue weighted by atomic mass is 9.75. The highest BCUT2D eigenvalue weighted by atomic mass is 15.5. The van der Waals surface area contributed by atoms with E-state index in [0.29, 0.717) is 0 Å². The van der Waals surface area contributed by atoms with E-state index in [2.05, 4.69) is 156 Å². The number of rotatable bonds is 5. The van der Waals surface area contributed by atoms with Gasteiger partial charge in [0.15, 0.2) is 11.6 Å². The number of allylic oxidation sites excluding steroid dienone is 1. The second-order valence-electron chi connectivity index (χ2n) is 13.3. The van der Waals surface area contributed by atoms with Crippen LogP contribution in [0, 0.1) is 41.5 Å². The molecule has 0 aliphatic carbocycles. The first-order valence-electron chi connectivity index (χ1n) is 16.7. The van der Waals surface area contributed by atoms with Crippen molar-refractivity contribution in [1.29, 1.82) is 0 Å². The number of fused-ring (bicyclic) bond motifs is 5. The number of benzene rings is 4. The average Bonchev–Trinajstić information content (AvgIpc) is 3.26. The number of anilines is 4. The minimum absolute atomic E-state index is 0.0556. The molecular formula is C42H44N4. The Morgan fingerprint density at radius 3 is 1.61 bits per heavy atom. The van der Waals surface area contributed by atoms with Crippen molar-refractivity contribution >= 4 is 23.0 Å². The third kappa shape index (κ3) is 4.57. The zero-order valence-corrected chi connectivity index (χ0v) is 28.4. The molecule has 232 valence electrons. The smallest absolute Gasteiger partial charge is 0.179 e. The molecule has 0 bridgehead atoms. The summed E-state index contributed by atoms with van der Waals surface area (Å²) in [6.07, 6.45) is 6.80. The van der Waals surface area contributed by atoms with Crippen LogP contribution in [0.4, 0.5) is 23.0 Å². The number of para-hydroxylation sites is 2. The number of aromatic nitrogens is 2. The molecule has 1 aromatic heterocycles. The molecule has 3 heterocycles. The maximum atomic E-state index is 5.74. The summed E-state index contributed by atoms with van der Waals surface area (Å²) in [4.78, 5) is 16.3. The first-order valence-corrected chi connectivity index (χ1v) is 16.7. The summed E-state index contributed by atoms with van der Waals surface area (Å²) in [5.41, 5.74) is 15.2. The first-order chi connectivity index (χ1) is 22.2. The molecule has 0 radical (unpaired) electrons. The largest absolute Gasteiger partial charge is 0.298 e. The molecule has 1 unspecified atom stereocenters. The van der Waals surface area contributed by atoms with Gasteiger partial charge in [-0.05, 0) is 106 Å². The summed E-state index contributed by atoms with van der Waals surface area (Å²) in [6.45, 7) is 17.8. The summed E-state index contributed by atoms with van der Waals surface area (Å²) in [5.74, 6) is 1.78. The van der Waals surface area contributed by atoms with Gasteiger partial charge in [-0.1, -0.05) is 91.7 Å². The van der Waals surface area contributed by atoms with Crippen LogP contribution < -0.4 is 9.80 Å². The highest BCUT2D eigenvalue weighted by Crippen LogP contribution is 2.53. The number of nitrogens with zero attached hydrogens (tertiary/aromatic N) is 4. The van der Waals surface area contributed by atoms with Crippen LogP contribution in [0.2, 0.25) is 0 Å². The summed E-state index contributed by atoms with van der Waals surface area (Å²) >= 11 is 0. The maximum Gasteiger partial charge on any atom is 0.179 e. The van der Waals surface area contributed by atoms with E-state index in [1.54, 1.807) is 0 Å². The van der Waals surface area contributed by atoms with E-state index < -0.39 is 0 Å². The zero-order chi connectivity index (χ0) is 32.3. The fourth-order valence-corrected chi connectivity index (χ4v) is 8.19. The van der Waals surface area contributed by atoms with Gasteiger partial charge in [0.2, 0.25) is 0 Å². The third-order valence-corrected chi connectivity index (χ3v) is 10.3. The quantitative estimate of drug-likeness (QED) is 0.187. The van der Waals surface area contributed by atoms with Crippen molar-refractivity contribution in [3.05, 3.63) is 130 Å². The Morgan fingerprint density at radius 1 is 0.609 bits per heavy atom. The lowest BCUT2D eigenvalue weighted by Gasteiger charge is -2.32. The number of aryl methyl sites for hydroxylation is 6. The van der Waals surface area contributed by atoms with Crippen LogP contribution in [0.25, 0.3) is 22.5 Å². The van der Waals surface area contributed by atoms with Crippen LogP contribution in [0.5, 0.6) is 0 Å². The minimum Gasteiger partial charge on any atom is -0.298 e. The van der Waals surface area contributed by atoms with E-state index in [-0.39, 0.29) is 11.6 Å². The predicted octanol–water partition coefficient (Wildman–Crippen LogP) is 10.9. The van der Waals surface area contributed by atoms with E-state index in [1.807, 2.05) is 0 Å². The molecule has 46 heavy (non-hydrogen) atoms. The Labute approximate surface area is 274 Å². The van der Waals surface area contributed by atoms with E-state index in [1.165, 1.54) is 50.2 Å². The Balaban J connectivity index is 1.61. The average molecular weight is 605 g/mol. The van der Waals surface area contributed by atoms with Gasteiger partial charge in [-0.25, -0.2) is 9.97 Å². The molecule has 4 heteroatoms. The fourth-order valence-electron chi connectivity index (χ4n) is 8.19. The monoisotopic (exact) mass is 604 g/mol. The van der Waals surface area contributed by atoms with Crippen molar-refractivity contribution in [2.24, 2.45) is 0 Å². The van der Waals surface area contributed by atoms with Gasteiger partial charge in [-0.15, -0.1) is 0 Å². The second-order valence-corrected chi connectivity index (χ2v) is 13.3. The second kappa shape index (κ2) is 11.3. The van der Waals surface area contributed by atoms with E-state index >= 15 is 0 Å². The van der Waals surface area contributed by atoms with Gasteiger partial charge >= 0.3 is 0 Å². The van der Waals surface area contributed by atoms with Crippen LogP contribution in [-0.2, 0) is 5.41 Å². The molecule has 4 nitrogen and oxygen atoms in total. The molecule has 7 rings (SSSR count). The van der Waals surface area contributed by atoms with Gasteiger partial charge in [-0.3, -0.25) is 9.80 Å². The van der Waals surface area contributed by atoms with E-state index in [0.717, 1.165) is 47.1 Å². The molecular weight excluding hydrogens is 560 g/mol. The van der Waals surface area contributed by atoms with Gasteiger partial charge in [-0.2, -0.15) is 0 Å². The normalized spacial score (nSPS) is 16.2. The summed E-state index contributed by atoms with van der Waals surface area (Å²) < 4.78 is 0. The van der Waals surface area contributed by atoms with Gasteiger partial charge in [0.05, 0.1) is 11.4 Å². The Morgan fingerprint density at radius 2 is 1.09 bits per heavy atom. The van der Waals surface area contributed by atoms with Crippen molar-refractivity contribution in [2.75, 3.05) is 9.80 Å². The Kier molecular flexibility index (Phi) is 7.35.